The first-order valence-electron chi connectivity index (χ1n) is 9.57. The molecular formula is C24H21N3O3. The Labute approximate surface area is 174 Å². The molecule has 0 aliphatic rings. The maximum absolute atomic E-state index is 12.1. The molecule has 0 unspecified atom stereocenters. The van der Waals surface area contributed by atoms with Crippen LogP contribution in [-0.4, -0.2) is 22.7 Å². The van der Waals surface area contributed by atoms with Gasteiger partial charge >= 0.3 is 0 Å². The number of anilines is 1. The lowest BCUT2D eigenvalue weighted by atomic mass is 10.1. The summed E-state index contributed by atoms with van der Waals surface area (Å²) >= 11 is 0. The van der Waals surface area contributed by atoms with Crippen molar-refractivity contribution < 1.29 is 14.1 Å². The van der Waals surface area contributed by atoms with Crippen molar-refractivity contribution in [3.05, 3.63) is 83.9 Å². The predicted octanol–water partition coefficient (Wildman–Crippen LogP) is 5.04. The molecule has 1 aromatic heterocycles. The lowest BCUT2D eigenvalue weighted by Gasteiger charge is -2.08. The summed E-state index contributed by atoms with van der Waals surface area (Å²) in [6, 6.07) is 22.7. The molecule has 3 aromatic carbocycles. The van der Waals surface area contributed by atoms with Crippen LogP contribution in [0.1, 0.15) is 11.1 Å². The minimum atomic E-state index is -0.218. The molecule has 0 aliphatic heterocycles. The van der Waals surface area contributed by atoms with E-state index in [1.807, 2.05) is 74.5 Å². The summed E-state index contributed by atoms with van der Waals surface area (Å²) in [6.07, 6.45) is 0. The Morgan fingerprint density at radius 1 is 0.933 bits per heavy atom. The third kappa shape index (κ3) is 4.72. The van der Waals surface area contributed by atoms with Crippen LogP contribution in [0.4, 0.5) is 5.69 Å². The van der Waals surface area contributed by atoms with Crippen LogP contribution in [0.25, 0.3) is 22.8 Å². The number of nitrogens with zero attached hydrogens (tertiary/aromatic N) is 2. The monoisotopic (exact) mass is 399 g/mol. The first-order valence-corrected chi connectivity index (χ1v) is 9.57. The van der Waals surface area contributed by atoms with Crippen LogP contribution >= 0.6 is 0 Å². The summed E-state index contributed by atoms with van der Waals surface area (Å²) in [5.41, 5.74) is 4.67. The molecule has 6 nitrogen and oxygen atoms in total. The highest BCUT2D eigenvalue weighted by Gasteiger charge is 2.11. The van der Waals surface area contributed by atoms with E-state index in [-0.39, 0.29) is 12.5 Å². The van der Waals surface area contributed by atoms with Gasteiger partial charge in [-0.3, -0.25) is 4.79 Å². The summed E-state index contributed by atoms with van der Waals surface area (Å²) in [5, 5.41) is 6.86. The van der Waals surface area contributed by atoms with Gasteiger partial charge in [-0.2, -0.15) is 4.98 Å². The third-order valence-electron chi connectivity index (χ3n) is 4.51. The van der Waals surface area contributed by atoms with E-state index in [1.165, 1.54) is 5.56 Å². The van der Waals surface area contributed by atoms with Gasteiger partial charge in [-0.1, -0.05) is 47.1 Å². The number of nitrogens with one attached hydrogen (secondary N) is 1. The van der Waals surface area contributed by atoms with Gasteiger partial charge < -0.3 is 14.6 Å². The normalized spacial score (nSPS) is 10.6. The molecule has 0 atom stereocenters. The fourth-order valence-electron chi connectivity index (χ4n) is 2.92. The quantitative estimate of drug-likeness (QED) is 0.492. The van der Waals surface area contributed by atoms with E-state index in [2.05, 4.69) is 15.5 Å². The van der Waals surface area contributed by atoms with Gasteiger partial charge in [-0.15, -0.1) is 0 Å². The highest BCUT2D eigenvalue weighted by molar-refractivity contribution is 5.91. The van der Waals surface area contributed by atoms with Crippen LogP contribution in [0.3, 0.4) is 0 Å². The minimum absolute atomic E-state index is 0.0780. The molecule has 150 valence electrons. The van der Waals surface area contributed by atoms with Crippen LogP contribution in [-0.2, 0) is 4.79 Å². The van der Waals surface area contributed by atoms with E-state index in [4.69, 9.17) is 9.26 Å². The maximum Gasteiger partial charge on any atom is 0.262 e. The van der Waals surface area contributed by atoms with Gasteiger partial charge in [0.1, 0.15) is 5.75 Å². The Bertz CT molecular complexity index is 1150. The second kappa shape index (κ2) is 8.61. The summed E-state index contributed by atoms with van der Waals surface area (Å²) in [6.45, 7) is 3.92. The molecule has 6 heteroatoms. The number of carbonyl (C=O) groups excluding carboxylic acids is 1. The number of rotatable bonds is 6. The summed E-state index contributed by atoms with van der Waals surface area (Å²) in [5.74, 6) is 1.33. The van der Waals surface area contributed by atoms with Crippen LogP contribution in [0.5, 0.6) is 5.75 Å². The minimum Gasteiger partial charge on any atom is -0.484 e. The molecule has 0 bridgehead atoms. The zero-order valence-electron chi connectivity index (χ0n) is 16.8. The zero-order valence-corrected chi connectivity index (χ0v) is 16.8. The molecule has 0 saturated carbocycles. The van der Waals surface area contributed by atoms with Crippen LogP contribution in [0, 0.1) is 13.8 Å². The highest BCUT2D eigenvalue weighted by Crippen LogP contribution is 2.24. The van der Waals surface area contributed by atoms with Crippen LogP contribution in [0.2, 0.25) is 0 Å². The second-order valence-electron chi connectivity index (χ2n) is 7.02. The van der Waals surface area contributed by atoms with Gasteiger partial charge in [0.25, 0.3) is 11.8 Å². The van der Waals surface area contributed by atoms with Gasteiger partial charge in [-0.05, 0) is 55.8 Å². The first-order chi connectivity index (χ1) is 14.6. The van der Waals surface area contributed by atoms with Crippen molar-refractivity contribution >= 4 is 11.6 Å². The van der Waals surface area contributed by atoms with Crippen molar-refractivity contribution in [2.24, 2.45) is 0 Å². The number of carbonyl (C=O) groups is 1. The molecule has 30 heavy (non-hydrogen) atoms. The van der Waals surface area contributed by atoms with E-state index in [0.717, 1.165) is 22.4 Å². The standard InChI is InChI=1S/C24H21N3O3/c1-16-6-8-18(9-7-16)23-26-24(30-27-23)19-10-12-21(13-11-19)29-15-22(28)25-20-5-3-4-17(2)14-20/h3-14H,15H2,1-2H3,(H,25,28). The van der Waals surface area contributed by atoms with E-state index in [1.54, 1.807) is 12.1 Å². The summed E-state index contributed by atoms with van der Waals surface area (Å²) in [4.78, 5) is 16.5. The fraction of sp³-hybridized carbons (Fsp3) is 0.125. The molecule has 0 aliphatic carbocycles. The van der Waals surface area contributed by atoms with Crippen molar-refractivity contribution in [2.45, 2.75) is 13.8 Å². The van der Waals surface area contributed by atoms with Crippen LogP contribution in [0.15, 0.2) is 77.3 Å². The third-order valence-corrected chi connectivity index (χ3v) is 4.51. The molecule has 0 radical (unpaired) electrons. The number of hydrogen-bond acceptors (Lipinski definition) is 5. The van der Waals surface area contributed by atoms with Gasteiger partial charge in [0.05, 0.1) is 0 Å². The molecular weight excluding hydrogens is 378 g/mol. The number of benzene rings is 3. The molecule has 4 aromatic rings. The Morgan fingerprint density at radius 2 is 1.67 bits per heavy atom. The van der Waals surface area contributed by atoms with Crippen molar-refractivity contribution in [1.82, 2.24) is 10.1 Å². The summed E-state index contributed by atoms with van der Waals surface area (Å²) in [7, 11) is 0. The van der Waals surface area contributed by atoms with E-state index in [0.29, 0.717) is 17.5 Å². The number of aromatic nitrogens is 2. The number of aryl methyl sites for hydroxylation is 2. The number of amides is 1. The van der Waals surface area contributed by atoms with E-state index < -0.39 is 0 Å². The van der Waals surface area contributed by atoms with Gasteiger partial charge in [0.2, 0.25) is 5.82 Å². The molecule has 4 rings (SSSR count). The van der Waals surface area contributed by atoms with Crippen molar-refractivity contribution in [1.29, 1.82) is 0 Å². The average molecular weight is 399 g/mol. The van der Waals surface area contributed by atoms with Crippen molar-refractivity contribution in [3.8, 4) is 28.6 Å². The van der Waals surface area contributed by atoms with Crippen molar-refractivity contribution in [2.75, 3.05) is 11.9 Å². The molecule has 1 heterocycles. The molecule has 0 spiro atoms. The van der Waals surface area contributed by atoms with Gasteiger partial charge in [0.15, 0.2) is 6.61 Å². The molecule has 1 N–H and O–H groups in total. The Kier molecular flexibility index (Phi) is 5.57. The maximum atomic E-state index is 12.1. The van der Waals surface area contributed by atoms with E-state index >= 15 is 0 Å². The van der Waals surface area contributed by atoms with Gasteiger partial charge in [-0.25, -0.2) is 0 Å². The Balaban J connectivity index is 1.36. The first kappa shape index (κ1) is 19.4. The predicted molar refractivity (Wildman–Crippen MR) is 115 cm³/mol. The van der Waals surface area contributed by atoms with E-state index in [9.17, 15) is 4.79 Å². The number of hydrogen-bond donors (Lipinski definition) is 1. The lowest BCUT2D eigenvalue weighted by Crippen LogP contribution is -2.20. The van der Waals surface area contributed by atoms with Gasteiger partial charge in [0, 0.05) is 16.8 Å². The number of ether oxygens (including phenoxy) is 1. The SMILES string of the molecule is Cc1ccc(-c2noc(-c3ccc(OCC(=O)Nc4cccc(C)c4)cc3)n2)cc1. The van der Waals surface area contributed by atoms with Crippen molar-refractivity contribution in [3.63, 3.8) is 0 Å². The Hall–Kier alpha value is -3.93. The highest BCUT2D eigenvalue weighted by atomic mass is 16.5. The zero-order chi connectivity index (χ0) is 20.9. The molecule has 0 saturated heterocycles. The summed E-state index contributed by atoms with van der Waals surface area (Å²) < 4.78 is 11.0. The largest absolute Gasteiger partial charge is 0.484 e. The molecule has 0 fully saturated rings. The van der Waals surface area contributed by atoms with Crippen LogP contribution < -0.4 is 10.1 Å². The average Bonchev–Trinajstić information content (AvgIpc) is 3.23. The lowest BCUT2D eigenvalue weighted by molar-refractivity contribution is -0.118. The fourth-order valence-corrected chi connectivity index (χ4v) is 2.92. The molecule has 1 amide bonds. The smallest absolute Gasteiger partial charge is 0.262 e. The second-order valence-corrected chi connectivity index (χ2v) is 7.02. The topological polar surface area (TPSA) is 77.2 Å². The Morgan fingerprint density at radius 3 is 2.40 bits per heavy atom.